The second kappa shape index (κ2) is 6.68. The minimum Gasteiger partial charge on any atom is -0.449 e. The zero-order chi connectivity index (χ0) is 11.1. The molecule has 0 saturated carbocycles. The standard InChI is InChI=1S/C11H23NO2/c1-6-12(7-9(2)3)11(13)14-8-10(4)5/h9-10H,6-8H2,1-5H3. The zero-order valence-corrected chi connectivity index (χ0v) is 10.0. The van der Waals surface area contributed by atoms with Gasteiger partial charge in [-0.3, -0.25) is 0 Å². The second-order valence-corrected chi connectivity index (χ2v) is 4.40. The number of hydrogen-bond donors (Lipinski definition) is 0. The van der Waals surface area contributed by atoms with E-state index in [-0.39, 0.29) is 6.09 Å². The summed E-state index contributed by atoms with van der Waals surface area (Å²) in [6.07, 6.45) is -0.185. The lowest BCUT2D eigenvalue weighted by atomic mass is 10.2. The molecule has 0 spiro atoms. The van der Waals surface area contributed by atoms with Gasteiger partial charge in [0.1, 0.15) is 0 Å². The lowest BCUT2D eigenvalue weighted by molar-refractivity contribution is 0.0900. The van der Waals surface area contributed by atoms with Gasteiger partial charge in [0.25, 0.3) is 0 Å². The van der Waals surface area contributed by atoms with Gasteiger partial charge in [-0.1, -0.05) is 27.7 Å². The lowest BCUT2D eigenvalue weighted by Crippen LogP contribution is -2.35. The first-order valence-electron chi connectivity index (χ1n) is 5.39. The number of rotatable bonds is 5. The van der Waals surface area contributed by atoms with E-state index < -0.39 is 0 Å². The highest BCUT2D eigenvalue weighted by atomic mass is 16.6. The van der Waals surface area contributed by atoms with Gasteiger partial charge in [-0.2, -0.15) is 0 Å². The van der Waals surface area contributed by atoms with E-state index in [1.807, 2.05) is 20.8 Å². The molecular weight excluding hydrogens is 178 g/mol. The average Bonchev–Trinajstić information content (AvgIpc) is 2.09. The van der Waals surface area contributed by atoms with Crippen LogP contribution in [0.15, 0.2) is 0 Å². The molecule has 0 fully saturated rings. The van der Waals surface area contributed by atoms with E-state index in [1.165, 1.54) is 0 Å². The smallest absolute Gasteiger partial charge is 0.409 e. The molecule has 0 N–H and O–H groups in total. The summed E-state index contributed by atoms with van der Waals surface area (Å²) in [5.74, 6) is 0.887. The Morgan fingerprint density at radius 2 is 1.79 bits per heavy atom. The SMILES string of the molecule is CCN(CC(C)C)C(=O)OCC(C)C. The molecule has 3 nitrogen and oxygen atoms in total. The maximum atomic E-state index is 11.5. The molecule has 84 valence electrons. The first-order chi connectivity index (χ1) is 6.47. The van der Waals surface area contributed by atoms with Crippen molar-refractivity contribution in [3.8, 4) is 0 Å². The molecule has 1 amide bonds. The van der Waals surface area contributed by atoms with Crippen molar-refractivity contribution in [1.82, 2.24) is 4.90 Å². The van der Waals surface area contributed by atoms with E-state index in [0.717, 1.165) is 13.1 Å². The van der Waals surface area contributed by atoms with E-state index in [0.29, 0.717) is 18.4 Å². The fourth-order valence-electron chi connectivity index (χ4n) is 1.10. The summed E-state index contributed by atoms with van der Waals surface area (Å²) in [6, 6.07) is 0. The number of carbonyl (C=O) groups is 1. The van der Waals surface area contributed by atoms with Gasteiger partial charge < -0.3 is 9.64 Å². The Morgan fingerprint density at radius 1 is 1.21 bits per heavy atom. The van der Waals surface area contributed by atoms with E-state index >= 15 is 0 Å². The van der Waals surface area contributed by atoms with Crippen molar-refractivity contribution in [1.29, 1.82) is 0 Å². The molecule has 0 aromatic carbocycles. The van der Waals surface area contributed by atoms with Crippen LogP contribution in [-0.4, -0.2) is 30.7 Å². The average molecular weight is 201 g/mol. The molecule has 0 aromatic rings. The third kappa shape index (κ3) is 5.84. The summed E-state index contributed by atoms with van der Waals surface area (Å²) in [6.45, 7) is 12.2. The van der Waals surface area contributed by atoms with Crippen LogP contribution in [0.1, 0.15) is 34.6 Å². The predicted molar refractivity (Wildman–Crippen MR) is 58.3 cm³/mol. The van der Waals surface area contributed by atoms with Crippen molar-refractivity contribution in [3.63, 3.8) is 0 Å². The van der Waals surface area contributed by atoms with Crippen molar-refractivity contribution < 1.29 is 9.53 Å². The van der Waals surface area contributed by atoms with Gasteiger partial charge in [-0.15, -0.1) is 0 Å². The van der Waals surface area contributed by atoms with Crippen LogP contribution >= 0.6 is 0 Å². The van der Waals surface area contributed by atoms with Gasteiger partial charge in [0.2, 0.25) is 0 Å². The lowest BCUT2D eigenvalue weighted by Gasteiger charge is -2.22. The number of ether oxygens (including phenoxy) is 1. The molecule has 0 heterocycles. The van der Waals surface area contributed by atoms with Crippen molar-refractivity contribution >= 4 is 6.09 Å². The largest absolute Gasteiger partial charge is 0.449 e. The fraction of sp³-hybridized carbons (Fsp3) is 0.909. The predicted octanol–water partition coefficient (Wildman–Crippen LogP) is 2.76. The molecule has 0 saturated heterocycles. The van der Waals surface area contributed by atoms with Gasteiger partial charge in [0, 0.05) is 13.1 Å². The number of carbonyl (C=O) groups excluding carboxylic acids is 1. The molecule has 0 aromatic heterocycles. The Morgan fingerprint density at radius 3 is 2.14 bits per heavy atom. The van der Waals surface area contributed by atoms with Crippen LogP contribution in [0, 0.1) is 11.8 Å². The number of amides is 1. The zero-order valence-electron chi connectivity index (χ0n) is 10.0. The highest BCUT2D eigenvalue weighted by Gasteiger charge is 2.14. The van der Waals surface area contributed by atoms with E-state index in [1.54, 1.807) is 4.90 Å². The molecular formula is C11H23NO2. The van der Waals surface area contributed by atoms with Gasteiger partial charge in [0.05, 0.1) is 6.61 Å². The Labute approximate surface area is 87.4 Å². The van der Waals surface area contributed by atoms with Crippen molar-refractivity contribution in [3.05, 3.63) is 0 Å². The Bertz CT molecular complexity index is 167. The molecule has 14 heavy (non-hydrogen) atoms. The van der Waals surface area contributed by atoms with Crippen LogP contribution in [0.3, 0.4) is 0 Å². The minimum atomic E-state index is -0.185. The molecule has 0 aliphatic rings. The van der Waals surface area contributed by atoms with Crippen LogP contribution < -0.4 is 0 Å². The van der Waals surface area contributed by atoms with Crippen LogP contribution in [-0.2, 0) is 4.74 Å². The number of nitrogens with zero attached hydrogens (tertiary/aromatic N) is 1. The van der Waals surface area contributed by atoms with Crippen molar-refractivity contribution in [2.75, 3.05) is 19.7 Å². The first kappa shape index (κ1) is 13.3. The molecule has 0 radical (unpaired) electrons. The fourth-order valence-corrected chi connectivity index (χ4v) is 1.10. The second-order valence-electron chi connectivity index (χ2n) is 4.40. The van der Waals surface area contributed by atoms with Crippen LogP contribution in [0.5, 0.6) is 0 Å². The summed E-state index contributed by atoms with van der Waals surface area (Å²) in [5.41, 5.74) is 0. The van der Waals surface area contributed by atoms with E-state index in [9.17, 15) is 4.79 Å². The molecule has 0 aliphatic heterocycles. The third-order valence-electron chi connectivity index (χ3n) is 1.77. The highest BCUT2D eigenvalue weighted by Crippen LogP contribution is 2.02. The van der Waals surface area contributed by atoms with Crippen molar-refractivity contribution in [2.45, 2.75) is 34.6 Å². The monoisotopic (exact) mass is 201 g/mol. The molecule has 0 unspecified atom stereocenters. The molecule has 0 bridgehead atoms. The third-order valence-corrected chi connectivity index (χ3v) is 1.77. The minimum absolute atomic E-state index is 0.185. The van der Waals surface area contributed by atoms with Crippen LogP contribution in [0.4, 0.5) is 4.79 Å². The normalized spacial score (nSPS) is 10.8. The summed E-state index contributed by atoms with van der Waals surface area (Å²) >= 11 is 0. The van der Waals surface area contributed by atoms with Crippen LogP contribution in [0.2, 0.25) is 0 Å². The quantitative estimate of drug-likeness (QED) is 0.684. The van der Waals surface area contributed by atoms with Gasteiger partial charge >= 0.3 is 6.09 Å². The first-order valence-corrected chi connectivity index (χ1v) is 5.39. The summed E-state index contributed by atoms with van der Waals surface area (Å²) in [4.78, 5) is 13.3. The maximum absolute atomic E-state index is 11.5. The van der Waals surface area contributed by atoms with Crippen molar-refractivity contribution in [2.24, 2.45) is 11.8 Å². The van der Waals surface area contributed by atoms with E-state index in [4.69, 9.17) is 4.74 Å². The van der Waals surface area contributed by atoms with Gasteiger partial charge in [-0.25, -0.2) is 4.79 Å². The molecule has 0 aliphatic carbocycles. The number of hydrogen-bond acceptors (Lipinski definition) is 2. The Hall–Kier alpha value is -0.730. The van der Waals surface area contributed by atoms with Gasteiger partial charge in [-0.05, 0) is 18.8 Å². The summed E-state index contributed by atoms with van der Waals surface area (Å²) in [7, 11) is 0. The maximum Gasteiger partial charge on any atom is 0.409 e. The van der Waals surface area contributed by atoms with Crippen LogP contribution in [0.25, 0.3) is 0 Å². The Kier molecular flexibility index (Phi) is 6.34. The van der Waals surface area contributed by atoms with Gasteiger partial charge in [0.15, 0.2) is 0 Å². The Balaban J connectivity index is 3.92. The molecule has 0 atom stereocenters. The summed E-state index contributed by atoms with van der Waals surface area (Å²) < 4.78 is 5.14. The molecule has 3 heteroatoms. The molecule has 0 rings (SSSR count). The van der Waals surface area contributed by atoms with E-state index in [2.05, 4.69) is 13.8 Å². The summed E-state index contributed by atoms with van der Waals surface area (Å²) in [5, 5.41) is 0. The topological polar surface area (TPSA) is 29.5 Å². The highest BCUT2D eigenvalue weighted by molar-refractivity contribution is 5.67.